The van der Waals surface area contributed by atoms with Gasteiger partial charge in [-0.05, 0) is 19.5 Å². The Hall–Kier alpha value is -1.72. The van der Waals surface area contributed by atoms with Crippen LogP contribution in [0.2, 0.25) is 0 Å². The quantitative estimate of drug-likeness (QED) is 0.790. The van der Waals surface area contributed by atoms with Gasteiger partial charge in [-0.25, -0.2) is 0 Å². The Bertz CT molecular complexity index is 391. The molecule has 0 spiro atoms. The second-order valence-corrected chi connectivity index (χ2v) is 4.41. The zero-order valence-corrected chi connectivity index (χ0v) is 14.6. The summed E-state index contributed by atoms with van der Waals surface area (Å²) in [7, 11) is 3.43. The smallest absolute Gasteiger partial charge is 0.217 e. The molecule has 0 fully saturated rings. The molecular formula is C17H30N2O3. The zero-order chi connectivity index (χ0) is 17.4. The fourth-order valence-corrected chi connectivity index (χ4v) is 1.47. The summed E-state index contributed by atoms with van der Waals surface area (Å²) in [5.74, 6) is -0.228. The van der Waals surface area contributed by atoms with E-state index >= 15 is 0 Å². The first-order valence-electron chi connectivity index (χ1n) is 7.45. The van der Waals surface area contributed by atoms with Crippen LogP contribution in [-0.2, 0) is 20.9 Å². The lowest BCUT2D eigenvalue weighted by atomic mass is 10.1. The van der Waals surface area contributed by atoms with Crippen molar-refractivity contribution in [3.05, 3.63) is 35.4 Å². The summed E-state index contributed by atoms with van der Waals surface area (Å²) in [4.78, 5) is 20.5. The zero-order valence-electron chi connectivity index (χ0n) is 14.6. The molecule has 126 valence electrons. The molecule has 1 atom stereocenters. The van der Waals surface area contributed by atoms with Gasteiger partial charge in [-0.3, -0.25) is 4.79 Å². The van der Waals surface area contributed by atoms with E-state index in [2.05, 4.69) is 46.6 Å². The average Bonchev–Trinajstić information content (AvgIpc) is 2.51. The molecule has 0 aliphatic heterocycles. The number of methoxy groups -OCH3 is 1. The predicted octanol–water partition coefficient (Wildman–Crippen LogP) is 2.08. The summed E-state index contributed by atoms with van der Waals surface area (Å²) in [5, 5.41) is 5.50. The molecule has 22 heavy (non-hydrogen) atoms. The lowest BCUT2D eigenvalue weighted by molar-refractivity contribution is -0.123. The number of hydrogen-bond acceptors (Lipinski definition) is 4. The van der Waals surface area contributed by atoms with Gasteiger partial charge in [0, 0.05) is 20.6 Å². The van der Waals surface area contributed by atoms with E-state index in [1.54, 1.807) is 0 Å². The first-order valence-corrected chi connectivity index (χ1v) is 7.45. The third kappa shape index (κ3) is 13.3. The molecule has 0 radical (unpaired) electrons. The van der Waals surface area contributed by atoms with Crippen LogP contribution < -0.4 is 10.6 Å². The number of carbonyl (C=O) groups excluding carboxylic acids is 2. The minimum absolute atomic E-state index is 0.225. The monoisotopic (exact) mass is 310 g/mol. The van der Waals surface area contributed by atoms with Crippen molar-refractivity contribution in [2.75, 3.05) is 20.8 Å². The van der Waals surface area contributed by atoms with Crippen LogP contribution in [0, 0.1) is 6.92 Å². The average molecular weight is 310 g/mol. The number of ether oxygens (including phenoxy) is 1. The summed E-state index contributed by atoms with van der Waals surface area (Å²) in [6, 6.07) is 8.04. The lowest BCUT2D eigenvalue weighted by Crippen LogP contribution is -2.37. The Morgan fingerprint density at radius 2 is 1.82 bits per heavy atom. The minimum atomic E-state index is -0.512. The van der Waals surface area contributed by atoms with Crippen LogP contribution in [0.1, 0.15) is 31.9 Å². The van der Waals surface area contributed by atoms with E-state index in [0.717, 1.165) is 6.54 Å². The Kier molecular flexibility index (Phi) is 16.1. The van der Waals surface area contributed by atoms with Crippen LogP contribution >= 0.6 is 0 Å². The second-order valence-electron chi connectivity index (χ2n) is 4.41. The van der Waals surface area contributed by atoms with Crippen molar-refractivity contribution >= 4 is 12.2 Å². The van der Waals surface area contributed by atoms with E-state index in [0.29, 0.717) is 6.29 Å². The molecule has 0 aliphatic rings. The maximum absolute atomic E-state index is 10.4. The number of aryl methyl sites for hydroxylation is 1. The van der Waals surface area contributed by atoms with Crippen LogP contribution in [0.3, 0.4) is 0 Å². The standard InChI is InChI=1S/C9H13N.C6H11NO3.C2H6/c1-8-3-5-9(6-4-8)7-10-2;1-5(9)7-6(3-8)4-10-2;1-2/h3-6,10H,7H2,1-2H3;3,6H,4H2,1-2H3,(H,7,9);1-2H3. The van der Waals surface area contributed by atoms with Gasteiger partial charge in [0.1, 0.15) is 12.3 Å². The van der Waals surface area contributed by atoms with Gasteiger partial charge in [0.25, 0.3) is 0 Å². The fraction of sp³-hybridized carbons (Fsp3) is 0.529. The third-order valence-electron chi connectivity index (χ3n) is 2.40. The van der Waals surface area contributed by atoms with Gasteiger partial charge in [-0.15, -0.1) is 0 Å². The summed E-state index contributed by atoms with van der Waals surface area (Å²) in [6.45, 7) is 8.64. The van der Waals surface area contributed by atoms with Crippen molar-refractivity contribution in [2.45, 2.75) is 40.3 Å². The number of benzene rings is 1. The lowest BCUT2D eigenvalue weighted by Gasteiger charge is -2.08. The maximum atomic E-state index is 10.4. The Morgan fingerprint density at radius 1 is 1.27 bits per heavy atom. The normalized spacial score (nSPS) is 10.3. The van der Waals surface area contributed by atoms with Gasteiger partial charge in [0.05, 0.1) is 6.61 Å². The highest BCUT2D eigenvalue weighted by molar-refractivity contribution is 5.77. The summed E-state index contributed by atoms with van der Waals surface area (Å²) < 4.78 is 4.65. The predicted molar refractivity (Wildman–Crippen MR) is 90.8 cm³/mol. The van der Waals surface area contributed by atoms with E-state index in [1.807, 2.05) is 20.9 Å². The number of hydrogen-bond donors (Lipinski definition) is 2. The van der Waals surface area contributed by atoms with Crippen molar-refractivity contribution in [2.24, 2.45) is 0 Å². The first-order chi connectivity index (χ1) is 10.5. The fourth-order valence-electron chi connectivity index (χ4n) is 1.47. The van der Waals surface area contributed by atoms with E-state index < -0.39 is 6.04 Å². The van der Waals surface area contributed by atoms with Gasteiger partial charge in [-0.2, -0.15) is 0 Å². The molecule has 0 aromatic heterocycles. The number of amides is 1. The number of aldehydes is 1. The van der Waals surface area contributed by atoms with E-state index in [4.69, 9.17) is 0 Å². The summed E-state index contributed by atoms with van der Waals surface area (Å²) in [5.41, 5.74) is 2.66. The SMILES string of the molecule is CC.CNCc1ccc(C)cc1.COCC(C=O)NC(C)=O. The Morgan fingerprint density at radius 3 is 2.18 bits per heavy atom. The van der Waals surface area contributed by atoms with Gasteiger partial charge < -0.3 is 20.2 Å². The van der Waals surface area contributed by atoms with E-state index in [1.165, 1.54) is 25.2 Å². The first kappa shape index (κ1) is 22.6. The van der Waals surface area contributed by atoms with Gasteiger partial charge in [-0.1, -0.05) is 43.7 Å². The van der Waals surface area contributed by atoms with Gasteiger partial charge in [0.15, 0.2) is 0 Å². The number of carbonyl (C=O) groups is 2. The highest BCUT2D eigenvalue weighted by Gasteiger charge is 2.05. The molecule has 5 heteroatoms. The third-order valence-corrected chi connectivity index (χ3v) is 2.40. The highest BCUT2D eigenvalue weighted by Crippen LogP contribution is 2.01. The molecular weight excluding hydrogens is 280 g/mol. The van der Waals surface area contributed by atoms with Crippen LogP contribution in [0.25, 0.3) is 0 Å². The van der Waals surface area contributed by atoms with Crippen molar-refractivity contribution in [3.8, 4) is 0 Å². The van der Waals surface area contributed by atoms with Crippen LogP contribution in [-0.4, -0.2) is 39.0 Å². The van der Waals surface area contributed by atoms with Crippen molar-refractivity contribution in [1.82, 2.24) is 10.6 Å². The highest BCUT2D eigenvalue weighted by atomic mass is 16.5. The van der Waals surface area contributed by atoms with Crippen LogP contribution in [0.15, 0.2) is 24.3 Å². The van der Waals surface area contributed by atoms with Crippen LogP contribution in [0.4, 0.5) is 0 Å². The van der Waals surface area contributed by atoms with Crippen molar-refractivity contribution in [1.29, 1.82) is 0 Å². The summed E-state index contributed by atoms with van der Waals surface area (Å²) >= 11 is 0. The Labute approximate surface area is 134 Å². The largest absolute Gasteiger partial charge is 0.382 e. The minimum Gasteiger partial charge on any atom is -0.382 e. The molecule has 5 nitrogen and oxygen atoms in total. The molecule has 1 aromatic rings. The second kappa shape index (κ2) is 15.7. The van der Waals surface area contributed by atoms with E-state index in [-0.39, 0.29) is 12.5 Å². The Balaban J connectivity index is 0. The van der Waals surface area contributed by atoms with Gasteiger partial charge >= 0.3 is 0 Å². The molecule has 1 rings (SSSR count). The van der Waals surface area contributed by atoms with E-state index in [9.17, 15) is 9.59 Å². The van der Waals surface area contributed by atoms with Crippen molar-refractivity contribution < 1.29 is 14.3 Å². The maximum Gasteiger partial charge on any atom is 0.217 e. The molecule has 2 N–H and O–H groups in total. The topological polar surface area (TPSA) is 67.4 Å². The molecule has 1 amide bonds. The molecule has 0 saturated heterocycles. The molecule has 0 heterocycles. The number of nitrogens with one attached hydrogen (secondary N) is 2. The molecule has 1 unspecified atom stereocenters. The summed E-state index contributed by atoms with van der Waals surface area (Å²) in [6.07, 6.45) is 0.644. The number of rotatable bonds is 6. The van der Waals surface area contributed by atoms with Crippen LogP contribution in [0.5, 0.6) is 0 Å². The molecule has 1 aromatic carbocycles. The molecule has 0 saturated carbocycles. The molecule has 0 bridgehead atoms. The van der Waals surface area contributed by atoms with Crippen molar-refractivity contribution in [3.63, 3.8) is 0 Å². The van der Waals surface area contributed by atoms with Gasteiger partial charge in [0.2, 0.25) is 5.91 Å². The molecule has 0 aliphatic carbocycles.